The molecule has 0 aliphatic rings. The molecule has 0 radical (unpaired) electrons. The Balaban J connectivity index is 3.02. The van der Waals surface area contributed by atoms with Crippen LogP contribution in [0.5, 0.6) is 0 Å². The Bertz CT molecular complexity index is 715. The molecule has 11 heteroatoms. The molecule has 1 aromatic carbocycles. The van der Waals surface area contributed by atoms with Crippen molar-refractivity contribution in [3.8, 4) is 0 Å². The van der Waals surface area contributed by atoms with Crippen LogP contribution in [0.25, 0.3) is 0 Å². The minimum absolute atomic E-state index is 0.0313. The van der Waals surface area contributed by atoms with E-state index in [9.17, 15) is 21.6 Å². The maximum atomic E-state index is 12.4. The van der Waals surface area contributed by atoms with E-state index in [0.717, 1.165) is 0 Å². The van der Waals surface area contributed by atoms with Crippen molar-refractivity contribution in [1.29, 1.82) is 0 Å². The Kier molecular flexibility index (Phi) is 6.72. The summed E-state index contributed by atoms with van der Waals surface area (Å²) >= 11 is 10.7. The van der Waals surface area contributed by atoms with E-state index >= 15 is 0 Å². The van der Waals surface area contributed by atoms with Gasteiger partial charge < -0.3 is 4.84 Å². The molecule has 0 bridgehead atoms. The van der Waals surface area contributed by atoms with E-state index in [1.165, 1.54) is 42.0 Å². The fraction of sp³-hybridized carbons (Fsp3) is 0.250. The first-order valence-corrected chi connectivity index (χ1v) is 8.14. The number of alkyl halides is 3. The van der Waals surface area contributed by atoms with Gasteiger partial charge in [-0.05, 0) is 19.1 Å². The second-order valence-corrected chi connectivity index (χ2v) is 6.74. The molecule has 5 nitrogen and oxygen atoms in total. The fourth-order valence-corrected chi connectivity index (χ4v) is 2.08. The van der Waals surface area contributed by atoms with Crippen LogP contribution in [0.15, 0.2) is 40.0 Å². The minimum Gasteiger partial charge on any atom is -0.391 e. The number of nitrogens with zero attached hydrogens (tertiary/aromatic N) is 1. The van der Waals surface area contributed by atoms with Gasteiger partial charge in [-0.2, -0.15) is 21.6 Å². The fourth-order valence-electron chi connectivity index (χ4n) is 1.37. The summed E-state index contributed by atoms with van der Waals surface area (Å²) in [5, 5.41) is 3.66. The number of hydrogen-bond acceptors (Lipinski definition) is 4. The third kappa shape index (κ3) is 5.92. The number of anilines is 1. The molecular formula is C12H11Cl2F3N2O3S. The van der Waals surface area contributed by atoms with Crippen LogP contribution in [-0.2, 0) is 14.9 Å². The minimum atomic E-state index is -5.53. The molecular weight excluding hydrogens is 380 g/mol. The van der Waals surface area contributed by atoms with Crippen molar-refractivity contribution in [3.05, 3.63) is 40.4 Å². The molecule has 0 aliphatic heterocycles. The number of nitrogens with one attached hydrogen (secondary N) is 1. The zero-order valence-electron chi connectivity index (χ0n) is 11.6. The van der Waals surface area contributed by atoms with Crippen LogP contribution >= 0.6 is 23.2 Å². The van der Waals surface area contributed by atoms with Gasteiger partial charge in [-0.15, -0.1) is 0 Å². The number of halogens is 5. The molecule has 0 saturated heterocycles. The Hall–Kier alpha value is -1.45. The van der Waals surface area contributed by atoms with E-state index in [-0.39, 0.29) is 28.1 Å². The highest BCUT2D eigenvalue weighted by molar-refractivity contribution is 7.93. The number of para-hydroxylation sites is 1. The maximum absolute atomic E-state index is 12.4. The van der Waals surface area contributed by atoms with Crippen molar-refractivity contribution in [3.63, 3.8) is 0 Å². The van der Waals surface area contributed by atoms with Gasteiger partial charge in [0.25, 0.3) is 0 Å². The van der Waals surface area contributed by atoms with Crippen LogP contribution in [-0.4, -0.2) is 26.2 Å². The van der Waals surface area contributed by atoms with Crippen molar-refractivity contribution in [1.82, 2.24) is 0 Å². The highest BCUT2D eigenvalue weighted by Gasteiger charge is 2.46. The van der Waals surface area contributed by atoms with E-state index in [2.05, 4.69) is 5.16 Å². The Labute approximate surface area is 140 Å². The van der Waals surface area contributed by atoms with E-state index in [0.29, 0.717) is 0 Å². The Morgan fingerprint density at radius 2 is 1.96 bits per heavy atom. The Morgan fingerprint density at radius 1 is 1.35 bits per heavy atom. The molecule has 0 fully saturated rings. The van der Waals surface area contributed by atoms with Gasteiger partial charge in [0.2, 0.25) is 0 Å². The average Bonchev–Trinajstić information content (AvgIpc) is 2.42. The van der Waals surface area contributed by atoms with Crippen LogP contribution in [0, 0.1) is 0 Å². The lowest BCUT2D eigenvalue weighted by Gasteiger charge is -2.13. The summed E-state index contributed by atoms with van der Waals surface area (Å²) in [5.41, 5.74) is -5.42. The van der Waals surface area contributed by atoms with Gasteiger partial charge in [0.15, 0.2) is 0 Å². The van der Waals surface area contributed by atoms with Crippen molar-refractivity contribution in [2.45, 2.75) is 12.4 Å². The zero-order chi connectivity index (χ0) is 17.7. The van der Waals surface area contributed by atoms with Crippen molar-refractivity contribution >= 4 is 44.6 Å². The first kappa shape index (κ1) is 19.6. The van der Waals surface area contributed by atoms with Crippen LogP contribution in [0.3, 0.4) is 0 Å². The summed E-state index contributed by atoms with van der Waals surface area (Å²) < 4.78 is 61.1. The molecule has 1 aromatic rings. The molecule has 1 N–H and O–H groups in total. The zero-order valence-corrected chi connectivity index (χ0v) is 13.9. The summed E-state index contributed by atoms with van der Waals surface area (Å²) in [6.07, 6.45) is 1.30. The lowest BCUT2D eigenvalue weighted by Crippen LogP contribution is -2.30. The Morgan fingerprint density at radius 3 is 2.52 bits per heavy atom. The molecule has 128 valence electrons. The smallest absolute Gasteiger partial charge is 0.391 e. The van der Waals surface area contributed by atoms with Crippen molar-refractivity contribution in [2.75, 3.05) is 11.3 Å². The number of benzene rings is 1. The third-order valence-electron chi connectivity index (χ3n) is 2.38. The van der Waals surface area contributed by atoms with Gasteiger partial charge in [-0.25, -0.2) is 0 Å². The quantitative estimate of drug-likeness (QED) is 0.453. The summed E-state index contributed by atoms with van der Waals surface area (Å²) in [6.45, 7) is 1.38. The average molecular weight is 391 g/mol. The van der Waals surface area contributed by atoms with E-state index < -0.39 is 15.5 Å². The lowest BCUT2D eigenvalue weighted by molar-refractivity contribution is -0.0429. The molecule has 0 spiro atoms. The van der Waals surface area contributed by atoms with Crippen molar-refractivity contribution < 1.29 is 26.4 Å². The molecule has 1 rings (SSSR count). The maximum Gasteiger partial charge on any atom is 0.516 e. The second kappa shape index (κ2) is 7.89. The molecule has 0 aliphatic carbocycles. The van der Waals surface area contributed by atoms with Gasteiger partial charge in [0, 0.05) is 5.56 Å². The highest BCUT2D eigenvalue weighted by Crippen LogP contribution is 2.27. The second-order valence-electron chi connectivity index (χ2n) is 4.06. The van der Waals surface area contributed by atoms with Gasteiger partial charge in [-0.3, -0.25) is 4.72 Å². The van der Waals surface area contributed by atoms with Crippen molar-refractivity contribution in [2.24, 2.45) is 5.16 Å². The van der Waals surface area contributed by atoms with Crippen LogP contribution in [0.2, 0.25) is 0 Å². The molecule has 0 unspecified atom stereocenters. The number of hydrogen-bond donors (Lipinski definition) is 1. The van der Waals surface area contributed by atoms with E-state index in [1.807, 2.05) is 0 Å². The monoisotopic (exact) mass is 390 g/mol. The predicted octanol–water partition coefficient (Wildman–Crippen LogP) is 4.01. The number of sulfonamides is 1. The van der Waals surface area contributed by atoms with Crippen LogP contribution < -0.4 is 4.72 Å². The van der Waals surface area contributed by atoms with Gasteiger partial charge in [-0.1, -0.05) is 46.6 Å². The summed E-state index contributed by atoms with van der Waals surface area (Å²) in [6, 6.07) is 5.45. The molecule has 0 heterocycles. The van der Waals surface area contributed by atoms with E-state index in [4.69, 9.17) is 28.0 Å². The van der Waals surface area contributed by atoms with Gasteiger partial charge in [0.1, 0.15) is 11.1 Å². The summed E-state index contributed by atoms with van der Waals surface area (Å²) in [5.74, 6) is 0. The summed E-state index contributed by atoms with van der Waals surface area (Å²) in [4.78, 5) is 4.86. The largest absolute Gasteiger partial charge is 0.516 e. The van der Waals surface area contributed by atoms with Gasteiger partial charge >= 0.3 is 15.5 Å². The van der Waals surface area contributed by atoms with Crippen LogP contribution in [0.1, 0.15) is 12.5 Å². The van der Waals surface area contributed by atoms with E-state index in [1.54, 1.807) is 0 Å². The molecule has 0 atom stereocenters. The third-order valence-corrected chi connectivity index (χ3v) is 3.79. The molecule has 0 saturated carbocycles. The standard InChI is InChI=1S/C12H11Cl2F3N2O3S/c1-8(18-22-7-6-11(13)14)9-4-2-3-5-10(9)19-23(20,21)12(15,16)17/h2-6,19H,7H2,1H3. The lowest BCUT2D eigenvalue weighted by atomic mass is 10.1. The molecule has 0 aromatic heterocycles. The summed E-state index contributed by atoms with van der Waals surface area (Å²) in [7, 11) is -5.53. The first-order valence-electron chi connectivity index (χ1n) is 5.91. The normalized spacial score (nSPS) is 12.7. The van der Waals surface area contributed by atoms with Gasteiger partial charge in [0.05, 0.1) is 11.4 Å². The number of oxime groups is 1. The molecule has 23 heavy (non-hydrogen) atoms. The van der Waals surface area contributed by atoms with Crippen LogP contribution in [0.4, 0.5) is 18.9 Å². The predicted molar refractivity (Wildman–Crippen MR) is 83.0 cm³/mol. The SMILES string of the molecule is CC(=NOCC=C(Cl)Cl)c1ccccc1NS(=O)(=O)C(F)(F)F. The number of rotatable bonds is 6. The highest BCUT2D eigenvalue weighted by atomic mass is 35.5. The molecule has 0 amide bonds. The topological polar surface area (TPSA) is 67.8 Å². The first-order chi connectivity index (χ1) is 10.5.